The van der Waals surface area contributed by atoms with E-state index in [1.54, 1.807) is 0 Å². The van der Waals surface area contributed by atoms with Crippen molar-refractivity contribution in [2.24, 2.45) is 14.1 Å². The predicted octanol–water partition coefficient (Wildman–Crippen LogP) is 7.99. The van der Waals surface area contributed by atoms with Gasteiger partial charge in [0.05, 0.1) is 0 Å². The molecule has 0 aliphatic heterocycles. The summed E-state index contributed by atoms with van der Waals surface area (Å²) in [5, 5.41) is 18.0. The molecule has 0 saturated heterocycles. The van der Waals surface area contributed by atoms with E-state index < -0.39 is 6.29 Å². The molecule has 2 heterocycles. The fourth-order valence-corrected chi connectivity index (χ4v) is 3.42. The van der Waals surface area contributed by atoms with Crippen molar-refractivity contribution in [3.8, 4) is 0 Å². The number of aromatic nitrogens is 2. The van der Waals surface area contributed by atoms with Gasteiger partial charge in [0.25, 0.3) is 0 Å². The maximum atomic E-state index is 7.61. The molecule has 0 saturated carbocycles. The molecule has 4 heteroatoms. The van der Waals surface area contributed by atoms with E-state index in [1.807, 2.05) is 41.5 Å². The first kappa shape index (κ1) is 33.6. The number of hydrogen-bond donors (Lipinski definition) is 2. The van der Waals surface area contributed by atoms with Crippen molar-refractivity contribution in [2.45, 2.75) is 82.5 Å². The lowest BCUT2D eigenvalue weighted by Gasteiger charge is -1.96. The molecule has 0 fully saturated rings. The summed E-state index contributed by atoms with van der Waals surface area (Å²) in [7, 11) is 4.23. The van der Waals surface area contributed by atoms with E-state index in [2.05, 4.69) is 99.5 Å². The Morgan fingerprint density at radius 1 is 0.559 bits per heavy atom. The van der Waals surface area contributed by atoms with Crippen LogP contribution in [0.4, 0.5) is 0 Å². The second kappa shape index (κ2) is 17.9. The number of para-hydroxylation sites is 2. The summed E-state index contributed by atoms with van der Waals surface area (Å²) in [6.07, 6.45) is -1.17. The third kappa shape index (κ3) is 9.00. The molecular formula is C30H50N2O2. The molecule has 2 N–H and O–H groups in total. The Kier molecular flexibility index (Phi) is 17.7. The predicted molar refractivity (Wildman–Crippen MR) is 153 cm³/mol. The van der Waals surface area contributed by atoms with Crippen LogP contribution >= 0.6 is 0 Å². The van der Waals surface area contributed by atoms with Crippen molar-refractivity contribution in [2.75, 3.05) is 0 Å². The third-order valence-electron chi connectivity index (χ3n) is 5.43. The van der Waals surface area contributed by atoms with Gasteiger partial charge in [0.15, 0.2) is 0 Å². The molecule has 0 radical (unpaired) electrons. The van der Waals surface area contributed by atoms with Gasteiger partial charge in [0.1, 0.15) is 6.29 Å². The average Bonchev–Trinajstić information content (AvgIpc) is 3.23. The van der Waals surface area contributed by atoms with Crippen molar-refractivity contribution in [1.82, 2.24) is 9.13 Å². The van der Waals surface area contributed by atoms with E-state index in [4.69, 9.17) is 10.2 Å². The SMILES string of the molecule is CC.CC.CC.CC(O)O.Cc1c(C)n(C)c2ccccc12.Cc1c(C)n(C)c2ccccc12. The highest BCUT2D eigenvalue weighted by molar-refractivity contribution is 5.85. The summed E-state index contributed by atoms with van der Waals surface area (Å²) in [5.41, 5.74) is 8.16. The molecule has 0 unspecified atom stereocenters. The van der Waals surface area contributed by atoms with Crippen LogP contribution in [0.2, 0.25) is 0 Å². The first-order valence-electron chi connectivity index (χ1n) is 12.5. The van der Waals surface area contributed by atoms with Gasteiger partial charge in [-0.2, -0.15) is 0 Å². The smallest absolute Gasteiger partial charge is 0.148 e. The first-order chi connectivity index (χ1) is 16.2. The Morgan fingerprint density at radius 3 is 1.03 bits per heavy atom. The van der Waals surface area contributed by atoms with Gasteiger partial charge >= 0.3 is 0 Å². The topological polar surface area (TPSA) is 50.3 Å². The highest BCUT2D eigenvalue weighted by Crippen LogP contribution is 2.23. The van der Waals surface area contributed by atoms with Gasteiger partial charge < -0.3 is 19.3 Å². The van der Waals surface area contributed by atoms with Crippen molar-refractivity contribution >= 4 is 21.8 Å². The van der Waals surface area contributed by atoms with Crippen LogP contribution in [-0.2, 0) is 14.1 Å². The summed E-state index contributed by atoms with van der Waals surface area (Å²) < 4.78 is 4.48. The highest BCUT2D eigenvalue weighted by Gasteiger charge is 2.06. The van der Waals surface area contributed by atoms with Crippen LogP contribution in [0.25, 0.3) is 21.8 Å². The fraction of sp³-hybridized carbons (Fsp3) is 0.467. The summed E-state index contributed by atoms with van der Waals surface area (Å²) >= 11 is 0. The highest BCUT2D eigenvalue weighted by atomic mass is 16.5. The average molecular weight is 471 g/mol. The number of hydrogen-bond acceptors (Lipinski definition) is 2. The van der Waals surface area contributed by atoms with Crippen LogP contribution in [0.1, 0.15) is 71.0 Å². The van der Waals surface area contributed by atoms with Gasteiger partial charge in [-0.25, -0.2) is 0 Å². The van der Waals surface area contributed by atoms with Crippen LogP contribution < -0.4 is 0 Å². The van der Waals surface area contributed by atoms with Crippen LogP contribution in [0, 0.1) is 27.7 Å². The minimum Gasteiger partial charge on any atom is -0.368 e. The van der Waals surface area contributed by atoms with Crippen LogP contribution in [-0.4, -0.2) is 25.6 Å². The molecule has 0 atom stereocenters. The Labute approximate surface area is 208 Å². The molecule has 0 bridgehead atoms. The number of fused-ring (bicyclic) bond motifs is 2. The molecule has 192 valence electrons. The minimum absolute atomic E-state index is 1.17. The molecule has 0 spiro atoms. The van der Waals surface area contributed by atoms with Crippen LogP contribution in [0.5, 0.6) is 0 Å². The molecule has 4 aromatic rings. The summed E-state index contributed by atoms with van der Waals surface area (Å²) in [6.45, 7) is 22.0. The number of aliphatic hydroxyl groups excluding tert-OH is 1. The maximum absolute atomic E-state index is 7.61. The Hall–Kier alpha value is -2.56. The normalized spacial score (nSPS) is 9.29. The third-order valence-corrected chi connectivity index (χ3v) is 5.43. The molecule has 2 aromatic carbocycles. The van der Waals surface area contributed by atoms with Crippen molar-refractivity contribution in [1.29, 1.82) is 0 Å². The Morgan fingerprint density at radius 2 is 0.794 bits per heavy atom. The number of rotatable bonds is 0. The zero-order valence-electron chi connectivity index (χ0n) is 24.0. The van der Waals surface area contributed by atoms with E-state index in [0.29, 0.717) is 0 Å². The Bertz CT molecular complexity index is 908. The van der Waals surface area contributed by atoms with Gasteiger partial charge in [0, 0.05) is 47.3 Å². The number of benzene rings is 2. The lowest BCUT2D eigenvalue weighted by Crippen LogP contribution is -1.92. The lowest BCUT2D eigenvalue weighted by molar-refractivity contribution is -0.0228. The van der Waals surface area contributed by atoms with Crippen molar-refractivity contribution < 1.29 is 10.2 Å². The zero-order chi connectivity index (χ0) is 27.0. The minimum atomic E-state index is -1.17. The van der Waals surface area contributed by atoms with Crippen molar-refractivity contribution in [3.05, 3.63) is 71.0 Å². The molecule has 2 aromatic heterocycles. The molecule has 0 aliphatic carbocycles. The number of aryl methyl sites for hydroxylation is 4. The van der Waals surface area contributed by atoms with E-state index in [1.165, 1.54) is 51.2 Å². The largest absolute Gasteiger partial charge is 0.368 e. The fourth-order valence-electron chi connectivity index (χ4n) is 3.42. The van der Waals surface area contributed by atoms with E-state index in [-0.39, 0.29) is 0 Å². The molecule has 4 rings (SSSR count). The van der Waals surface area contributed by atoms with Gasteiger partial charge in [-0.1, -0.05) is 77.9 Å². The van der Waals surface area contributed by atoms with Gasteiger partial charge in [-0.15, -0.1) is 0 Å². The van der Waals surface area contributed by atoms with Gasteiger partial charge in [-0.3, -0.25) is 0 Å². The standard InChI is InChI=1S/2C11H13N.C2H6O2.3C2H6/c2*1-8-9(2)12(3)11-7-5-4-6-10(8)11;1-2(3)4;3*1-2/h2*4-7H,1-3H3;2-4H,1H3;3*1-2H3. The molecule has 0 amide bonds. The second-order valence-electron chi connectivity index (χ2n) is 7.21. The van der Waals surface area contributed by atoms with Gasteiger partial charge in [0.2, 0.25) is 0 Å². The summed E-state index contributed by atoms with van der Waals surface area (Å²) in [5.74, 6) is 0. The van der Waals surface area contributed by atoms with Crippen LogP contribution in [0.15, 0.2) is 48.5 Å². The molecular weight excluding hydrogens is 420 g/mol. The lowest BCUT2D eigenvalue weighted by atomic mass is 10.2. The first-order valence-corrected chi connectivity index (χ1v) is 12.5. The zero-order valence-corrected chi connectivity index (χ0v) is 24.0. The second-order valence-corrected chi connectivity index (χ2v) is 7.21. The summed E-state index contributed by atoms with van der Waals surface area (Å²) in [6, 6.07) is 17.0. The Balaban J connectivity index is 0. The van der Waals surface area contributed by atoms with E-state index >= 15 is 0 Å². The molecule has 4 nitrogen and oxygen atoms in total. The summed E-state index contributed by atoms with van der Waals surface area (Å²) in [4.78, 5) is 0. The van der Waals surface area contributed by atoms with E-state index in [9.17, 15) is 0 Å². The van der Waals surface area contributed by atoms with E-state index in [0.717, 1.165) is 0 Å². The monoisotopic (exact) mass is 470 g/mol. The molecule has 0 aliphatic rings. The van der Waals surface area contributed by atoms with Crippen LogP contribution in [0.3, 0.4) is 0 Å². The number of aliphatic hydroxyl groups is 2. The maximum Gasteiger partial charge on any atom is 0.148 e. The molecule has 34 heavy (non-hydrogen) atoms. The quantitative estimate of drug-likeness (QED) is 0.256. The van der Waals surface area contributed by atoms with Crippen molar-refractivity contribution in [3.63, 3.8) is 0 Å². The number of nitrogens with zero attached hydrogens (tertiary/aromatic N) is 2. The van der Waals surface area contributed by atoms with Gasteiger partial charge in [-0.05, 0) is 57.9 Å².